The van der Waals surface area contributed by atoms with Crippen molar-refractivity contribution in [2.24, 2.45) is 5.73 Å². The summed E-state index contributed by atoms with van der Waals surface area (Å²) in [5, 5.41) is 2.07. The number of nitrogens with zero attached hydrogens (tertiary/aromatic N) is 1. The highest BCUT2D eigenvalue weighted by Gasteiger charge is 2.03. The number of hydrogen-bond donors (Lipinski definition) is 1. The molecule has 0 aliphatic heterocycles. The zero-order valence-corrected chi connectivity index (χ0v) is 10.9. The summed E-state index contributed by atoms with van der Waals surface area (Å²) < 4.78 is 1.09. The second-order valence-corrected chi connectivity index (χ2v) is 5.89. The van der Waals surface area contributed by atoms with Crippen LogP contribution in [-0.2, 0) is 0 Å². The van der Waals surface area contributed by atoms with Crippen molar-refractivity contribution in [1.82, 2.24) is 4.98 Å². The minimum absolute atomic E-state index is 0.0983. The van der Waals surface area contributed by atoms with Crippen molar-refractivity contribution in [2.75, 3.05) is 0 Å². The molecule has 1 heterocycles. The SMILES string of the molecule is Cc1csc(Sc2ccc(C(C)N)cc2)n1. The van der Waals surface area contributed by atoms with Crippen LogP contribution in [0.15, 0.2) is 38.9 Å². The van der Waals surface area contributed by atoms with E-state index in [9.17, 15) is 0 Å². The first kappa shape index (κ1) is 11.6. The molecule has 2 rings (SSSR count). The fourth-order valence-electron chi connectivity index (χ4n) is 1.32. The number of benzene rings is 1. The lowest BCUT2D eigenvalue weighted by atomic mass is 10.1. The van der Waals surface area contributed by atoms with Crippen LogP contribution >= 0.6 is 23.1 Å². The quantitative estimate of drug-likeness (QED) is 0.904. The molecule has 0 bridgehead atoms. The van der Waals surface area contributed by atoms with Crippen LogP contribution in [0.5, 0.6) is 0 Å². The average molecular weight is 250 g/mol. The Hall–Kier alpha value is -0.840. The number of aromatic nitrogens is 1. The van der Waals surface area contributed by atoms with Crippen LogP contribution in [0.2, 0.25) is 0 Å². The van der Waals surface area contributed by atoms with E-state index in [1.807, 2.05) is 13.8 Å². The smallest absolute Gasteiger partial charge is 0.154 e. The van der Waals surface area contributed by atoms with Gasteiger partial charge in [0, 0.05) is 22.0 Å². The Morgan fingerprint density at radius 2 is 2.00 bits per heavy atom. The van der Waals surface area contributed by atoms with Gasteiger partial charge >= 0.3 is 0 Å². The van der Waals surface area contributed by atoms with Gasteiger partial charge in [0.2, 0.25) is 0 Å². The van der Waals surface area contributed by atoms with E-state index in [2.05, 4.69) is 34.6 Å². The predicted molar refractivity (Wildman–Crippen MR) is 70.0 cm³/mol. The highest BCUT2D eigenvalue weighted by Crippen LogP contribution is 2.30. The molecule has 1 aromatic heterocycles. The van der Waals surface area contributed by atoms with Crippen LogP contribution < -0.4 is 5.73 Å². The number of rotatable bonds is 3. The third kappa shape index (κ3) is 2.84. The Morgan fingerprint density at radius 3 is 2.50 bits per heavy atom. The van der Waals surface area contributed by atoms with Gasteiger partial charge in [-0.2, -0.15) is 0 Å². The number of aryl methyl sites for hydroxylation is 1. The first-order valence-electron chi connectivity index (χ1n) is 5.10. The van der Waals surface area contributed by atoms with E-state index in [-0.39, 0.29) is 6.04 Å². The first-order valence-corrected chi connectivity index (χ1v) is 6.80. The lowest BCUT2D eigenvalue weighted by molar-refractivity contribution is 0.817. The van der Waals surface area contributed by atoms with Crippen molar-refractivity contribution in [1.29, 1.82) is 0 Å². The summed E-state index contributed by atoms with van der Waals surface area (Å²) in [7, 11) is 0. The van der Waals surface area contributed by atoms with Gasteiger partial charge in [0.05, 0.1) is 0 Å². The van der Waals surface area contributed by atoms with E-state index in [0.29, 0.717) is 0 Å². The van der Waals surface area contributed by atoms with Crippen LogP contribution in [0.1, 0.15) is 24.2 Å². The van der Waals surface area contributed by atoms with Crippen molar-refractivity contribution < 1.29 is 0 Å². The highest BCUT2D eigenvalue weighted by atomic mass is 32.2. The molecule has 0 aliphatic rings. The maximum absolute atomic E-state index is 5.80. The van der Waals surface area contributed by atoms with Gasteiger partial charge in [-0.05, 0) is 31.5 Å². The molecule has 2 aromatic rings. The molecule has 0 spiro atoms. The summed E-state index contributed by atoms with van der Waals surface area (Å²) in [6, 6.07) is 8.45. The summed E-state index contributed by atoms with van der Waals surface area (Å²) in [4.78, 5) is 5.63. The normalized spacial score (nSPS) is 12.7. The predicted octanol–water partition coefficient (Wildman–Crippen LogP) is 3.62. The largest absolute Gasteiger partial charge is 0.324 e. The molecular weight excluding hydrogens is 236 g/mol. The molecule has 4 heteroatoms. The van der Waals surface area contributed by atoms with Gasteiger partial charge < -0.3 is 5.73 Å². The van der Waals surface area contributed by atoms with Crippen LogP contribution in [0.3, 0.4) is 0 Å². The molecule has 1 atom stereocenters. The molecule has 0 radical (unpaired) electrons. The Balaban J connectivity index is 2.11. The van der Waals surface area contributed by atoms with Crippen LogP contribution in [-0.4, -0.2) is 4.98 Å². The third-order valence-electron chi connectivity index (χ3n) is 2.21. The number of nitrogens with two attached hydrogens (primary N) is 1. The molecule has 1 unspecified atom stereocenters. The fourth-order valence-corrected chi connectivity index (χ4v) is 3.13. The molecule has 0 saturated heterocycles. The Labute approximate surface area is 104 Å². The standard InChI is InChI=1S/C12H14N2S2/c1-8-7-15-12(14-8)16-11-5-3-10(4-6-11)9(2)13/h3-7,9H,13H2,1-2H3. The van der Waals surface area contributed by atoms with Crippen molar-refractivity contribution in [3.8, 4) is 0 Å². The minimum Gasteiger partial charge on any atom is -0.324 e. The zero-order valence-electron chi connectivity index (χ0n) is 9.31. The van der Waals surface area contributed by atoms with Crippen molar-refractivity contribution in [2.45, 2.75) is 29.1 Å². The minimum atomic E-state index is 0.0983. The van der Waals surface area contributed by atoms with E-state index in [4.69, 9.17) is 5.73 Å². The lowest BCUT2D eigenvalue weighted by Gasteiger charge is -2.05. The summed E-state index contributed by atoms with van der Waals surface area (Å²) >= 11 is 3.38. The second kappa shape index (κ2) is 4.99. The molecule has 2 N–H and O–H groups in total. The summed E-state index contributed by atoms with van der Waals surface area (Å²) in [6.07, 6.45) is 0. The molecule has 0 amide bonds. The Bertz CT molecular complexity index is 460. The van der Waals surface area contributed by atoms with E-state index < -0.39 is 0 Å². The molecule has 2 nitrogen and oxygen atoms in total. The van der Waals surface area contributed by atoms with E-state index >= 15 is 0 Å². The van der Waals surface area contributed by atoms with Gasteiger partial charge in [0.25, 0.3) is 0 Å². The van der Waals surface area contributed by atoms with Crippen molar-refractivity contribution in [3.63, 3.8) is 0 Å². The Morgan fingerprint density at radius 1 is 1.31 bits per heavy atom. The van der Waals surface area contributed by atoms with Crippen LogP contribution in [0, 0.1) is 6.92 Å². The highest BCUT2D eigenvalue weighted by molar-refractivity contribution is 8.01. The first-order chi connectivity index (χ1) is 7.65. The van der Waals surface area contributed by atoms with E-state index in [0.717, 1.165) is 10.0 Å². The van der Waals surface area contributed by atoms with Crippen molar-refractivity contribution >= 4 is 23.1 Å². The third-order valence-corrected chi connectivity index (χ3v) is 4.27. The van der Waals surface area contributed by atoms with Gasteiger partial charge in [0.1, 0.15) is 0 Å². The van der Waals surface area contributed by atoms with Gasteiger partial charge in [0.15, 0.2) is 4.34 Å². The number of thiazole rings is 1. The van der Waals surface area contributed by atoms with Gasteiger partial charge in [-0.25, -0.2) is 4.98 Å². The molecular formula is C12H14N2S2. The van der Waals surface area contributed by atoms with Gasteiger partial charge in [-0.1, -0.05) is 23.9 Å². The maximum atomic E-state index is 5.80. The molecule has 0 saturated carbocycles. The monoisotopic (exact) mass is 250 g/mol. The van der Waals surface area contributed by atoms with E-state index in [1.54, 1.807) is 23.1 Å². The van der Waals surface area contributed by atoms with Gasteiger partial charge in [-0.3, -0.25) is 0 Å². The molecule has 0 fully saturated rings. The second-order valence-electron chi connectivity index (χ2n) is 3.71. The van der Waals surface area contributed by atoms with Crippen molar-refractivity contribution in [3.05, 3.63) is 40.9 Å². The molecule has 16 heavy (non-hydrogen) atoms. The molecule has 0 aliphatic carbocycles. The topological polar surface area (TPSA) is 38.9 Å². The summed E-state index contributed by atoms with van der Waals surface area (Å²) in [6.45, 7) is 4.01. The van der Waals surface area contributed by atoms with Gasteiger partial charge in [-0.15, -0.1) is 11.3 Å². The Kier molecular flexibility index (Phi) is 3.63. The summed E-state index contributed by atoms with van der Waals surface area (Å²) in [5.41, 5.74) is 8.05. The molecule has 84 valence electrons. The lowest BCUT2D eigenvalue weighted by Crippen LogP contribution is -2.04. The zero-order chi connectivity index (χ0) is 11.5. The number of hydrogen-bond acceptors (Lipinski definition) is 4. The van der Waals surface area contributed by atoms with Crippen LogP contribution in [0.4, 0.5) is 0 Å². The summed E-state index contributed by atoms with van der Waals surface area (Å²) in [5.74, 6) is 0. The molecule has 1 aromatic carbocycles. The maximum Gasteiger partial charge on any atom is 0.154 e. The fraction of sp³-hybridized carbons (Fsp3) is 0.250. The van der Waals surface area contributed by atoms with E-state index in [1.165, 1.54) is 10.5 Å². The van der Waals surface area contributed by atoms with Crippen LogP contribution in [0.25, 0.3) is 0 Å². The average Bonchev–Trinajstić information content (AvgIpc) is 2.65.